The Balaban J connectivity index is 1.54. The Morgan fingerprint density at radius 2 is 1.78 bits per heavy atom. The van der Waals surface area contributed by atoms with Crippen LogP contribution in [0.1, 0.15) is 30.0 Å². The summed E-state index contributed by atoms with van der Waals surface area (Å²) >= 11 is 0. The van der Waals surface area contributed by atoms with E-state index in [1.54, 1.807) is 6.26 Å². The lowest BCUT2D eigenvalue weighted by atomic mass is 10.0. The average Bonchev–Trinajstić information content (AvgIpc) is 3.36. The maximum Gasteiger partial charge on any atom is 0.227 e. The van der Waals surface area contributed by atoms with Gasteiger partial charge in [0.1, 0.15) is 5.58 Å². The molecule has 1 aliphatic heterocycles. The Hall–Kier alpha value is -2.59. The molecular weight excluding hydrogens is 336 g/mol. The molecule has 0 saturated carbocycles. The van der Waals surface area contributed by atoms with Crippen LogP contribution in [0.25, 0.3) is 11.0 Å². The number of rotatable bonds is 6. The normalized spacial score (nSPS) is 15.9. The monoisotopic (exact) mass is 362 g/mol. The van der Waals surface area contributed by atoms with Crippen molar-refractivity contribution >= 4 is 16.9 Å². The van der Waals surface area contributed by atoms with Crippen molar-refractivity contribution in [1.82, 2.24) is 9.80 Å². The van der Waals surface area contributed by atoms with Crippen molar-refractivity contribution in [3.05, 3.63) is 72.0 Å². The molecule has 3 aromatic rings. The molecule has 27 heavy (non-hydrogen) atoms. The standard InChI is InChI=1S/C23H26N2O2/c1-24(23(26)15-19-17-27-22-12-6-5-11-20(19)22)21(16-25-13-7-8-14-25)18-9-3-2-4-10-18/h2-6,9-12,17,21H,7-8,13-16H2,1H3. The lowest BCUT2D eigenvalue weighted by molar-refractivity contribution is -0.131. The van der Waals surface area contributed by atoms with Crippen molar-refractivity contribution < 1.29 is 9.21 Å². The Morgan fingerprint density at radius 1 is 1.07 bits per heavy atom. The van der Waals surface area contributed by atoms with Gasteiger partial charge in [-0.15, -0.1) is 0 Å². The van der Waals surface area contributed by atoms with Crippen LogP contribution in [-0.2, 0) is 11.2 Å². The molecule has 2 heterocycles. The zero-order chi connectivity index (χ0) is 18.6. The third-order valence-electron chi connectivity index (χ3n) is 5.58. The Bertz CT molecular complexity index is 897. The molecule has 4 heteroatoms. The van der Waals surface area contributed by atoms with Crippen LogP contribution < -0.4 is 0 Å². The highest BCUT2D eigenvalue weighted by Gasteiger charge is 2.26. The maximum absolute atomic E-state index is 13.1. The van der Waals surface area contributed by atoms with E-state index in [0.29, 0.717) is 6.42 Å². The Kier molecular flexibility index (Phi) is 5.26. The Labute approximate surface area is 160 Å². The molecule has 0 bridgehead atoms. The second-order valence-electron chi connectivity index (χ2n) is 7.37. The highest BCUT2D eigenvalue weighted by atomic mass is 16.3. The molecule has 1 aliphatic rings. The van der Waals surface area contributed by atoms with Crippen LogP contribution in [0.4, 0.5) is 0 Å². The summed E-state index contributed by atoms with van der Waals surface area (Å²) in [7, 11) is 1.93. The number of fused-ring (bicyclic) bond motifs is 1. The summed E-state index contributed by atoms with van der Waals surface area (Å²) in [6.07, 6.45) is 4.58. The van der Waals surface area contributed by atoms with Crippen LogP contribution in [0.15, 0.2) is 65.3 Å². The van der Waals surface area contributed by atoms with Crippen LogP contribution in [0.5, 0.6) is 0 Å². The summed E-state index contributed by atoms with van der Waals surface area (Å²) in [5.74, 6) is 0.120. The quantitative estimate of drug-likeness (QED) is 0.657. The van der Waals surface area contributed by atoms with E-state index < -0.39 is 0 Å². The third-order valence-corrected chi connectivity index (χ3v) is 5.58. The van der Waals surface area contributed by atoms with E-state index in [2.05, 4.69) is 17.0 Å². The summed E-state index contributed by atoms with van der Waals surface area (Å²) < 4.78 is 5.60. The minimum atomic E-state index is 0.0648. The number of likely N-dealkylation sites (N-methyl/N-ethyl adjacent to an activating group) is 1. The number of benzene rings is 2. The number of likely N-dealkylation sites (tertiary alicyclic amines) is 1. The summed E-state index contributed by atoms with van der Waals surface area (Å²) in [4.78, 5) is 17.5. The molecule has 4 rings (SSSR count). The van der Waals surface area contributed by atoms with Gasteiger partial charge in [0.15, 0.2) is 0 Å². The predicted molar refractivity (Wildman–Crippen MR) is 108 cm³/mol. The van der Waals surface area contributed by atoms with Crippen molar-refractivity contribution in [3.63, 3.8) is 0 Å². The topological polar surface area (TPSA) is 36.7 Å². The zero-order valence-electron chi connectivity index (χ0n) is 15.8. The highest BCUT2D eigenvalue weighted by Crippen LogP contribution is 2.26. The van der Waals surface area contributed by atoms with Crippen molar-refractivity contribution in [1.29, 1.82) is 0 Å². The lowest BCUT2D eigenvalue weighted by Crippen LogP contribution is -2.39. The SMILES string of the molecule is CN(C(=O)Cc1coc2ccccc12)C(CN1CCCC1)c1ccccc1. The number of nitrogens with zero attached hydrogens (tertiary/aromatic N) is 2. The summed E-state index contributed by atoms with van der Waals surface area (Å²) in [5.41, 5.74) is 2.98. The number of para-hydroxylation sites is 1. The van der Waals surface area contributed by atoms with E-state index in [1.807, 2.05) is 54.4 Å². The fourth-order valence-corrected chi connectivity index (χ4v) is 3.97. The van der Waals surface area contributed by atoms with Gasteiger partial charge in [0.2, 0.25) is 5.91 Å². The van der Waals surface area contributed by atoms with Crippen LogP contribution in [0.2, 0.25) is 0 Å². The van der Waals surface area contributed by atoms with E-state index in [4.69, 9.17) is 4.42 Å². The number of hydrogen-bond acceptors (Lipinski definition) is 3. The van der Waals surface area contributed by atoms with Crippen molar-refractivity contribution in [3.8, 4) is 0 Å². The first kappa shape index (κ1) is 17.8. The molecule has 140 valence electrons. The molecule has 0 radical (unpaired) electrons. The van der Waals surface area contributed by atoms with Gasteiger partial charge in [-0.1, -0.05) is 48.5 Å². The number of furan rings is 1. The first-order valence-corrected chi connectivity index (χ1v) is 9.70. The van der Waals surface area contributed by atoms with Crippen LogP contribution in [0, 0.1) is 0 Å². The van der Waals surface area contributed by atoms with Gasteiger partial charge in [-0.05, 0) is 37.6 Å². The molecule has 4 nitrogen and oxygen atoms in total. The molecule has 1 saturated heterocycles. The Morgan fingerprint density at radius 3 is 2.56 bits per heavy atom. The first-order chi connectivity index (χ1) is 13.2. The van der Waals surface area contributed by atoms with E-state index in [-0.39, 0.29) is 11.9 Å². The van der Waals surface area contributed by atoms with Crippen molar-refractivity contribution in [2.75, 3.05) is 26.7 Å². The van der Waals surface area contributed by atoms with Gasteiger partial charge in [0.25, 0.3) is 0 Å². The fraction of sp³-hybridized carbons (Fsp3) is 0.348. The molecule has 0 aliphatic carbocycles. The van der Waals surface area contributed by atoms with Crippen molar-refractivity contribution in [2.45, 2.75) is 25.3 Å². The zero-order valence-corrected chi connectivity index (χ0v) is 15.8. The molecule has 1 fully saturated rings. The number of carbonyl (C=O) groups excluding carboxylic acids is 1. The number of hydrogen-bond donors (Lipinski definition) is 0. The van der Waals surface area contributed by atoms with Gasteiger partial charge in [-0.3, -0.25) is 4.79 Å². The van der Waals surface area contributed by atoms with Gasteiger partial charge in [-0.25, -0.2) is 0 Å². The molecule has 1 aromatic heterocycles. The van der Waals surface area contributed by atoms with Gasteiger partial charge >= 0.3 is 0 Å². The van der Waals surface area contributed by atoms with Crippen LogP contribution >= 0.6 is 0 Å². The van der Waals surface area contributed by atoms with Crippen LogP contribution in [-0.4, -0.2) is 42.4 Å². The summed E-state index contributed by atoms with van der Waals surface area (Å²) in [5, 5.41) is 1.02. The molecular formula is C23H26N2O2. The molecule has 0 spiro atoms. The molecule has 1 atom stereocenters. The summed E-state index contributed by atoms with van der Waals surface area (Å²) in [6.45, 7) is 3.13. The van der Waals surface area contributed by atoms with Gasteiger partial charge < -0.3 is 14.2 Å². The largest absolute Gasteiger partial charge is 0.464 e. The summed E-state index contributed by atoms with van der Waals surface area (Å²) in [6, 6.07) is 18.3. The van der Waals surface area contributed by atoms with Crippen LogP contribution in [0.3, 0.4) is 0 Å². The van der Waals surface area contributed by atoms with E-state index in [9.17, 15) is 4.79 Å². The minimum absolute atomic E-state index is 0.0648. The second kappa shape index (κ2) is 7.97. The third kappa shape index (κ3) is 3.91. The minimum Gasteiger partial charge on any atom is -0.464 e. The van der Waals surface area contributed by atoms with Gasteiger partial charge in [-0.2, -0.15) is 0 Å². The van der Waals surface area contributed by atoms with Crippen molar-refractivity contribution in [2.24, 2.45) is 0 Å². The van der Waals surface area contributed by atoms with E-state index in [0.717, 1.165) is 36.2 Å². The first-order valence-electron chi connectivity index (χ1n) is 9.70. The molecule has 1 amide bonds. The number of amides is 1. The molecule has 1 unspecified atom stereocenters. The number of carbonyl (C=O) groups is 1. The van der Waals surface area contributed by atoms with Gasteiger partial charge in [0, 0.05) is 24.5 Å². The molecule has 0 N–H and O–H groups in total. The average molecular weight is 362 g/mol. The van der Waals surface area contributed by atoms with E-state index >= 15 is 0 Å². The maximum atomic E-state index is 13.1. The lowest BCUT2D eigenvalue weighted by Gasteiger charge is -2.32. The molecule has 2 aromatic carbocycles. The fourth-order valence-electron chi connectivity index (χ4n) is 3.97. The smallest absolute Gasteiger partial charge is 0.227 e. The van der Waals surface area contributed by atoms with E-state index in [1.165, 1.54) is 18.4 Å². The predicted octanol–water partition coefficient (Wildman–Crippen LogP) is 4.27. The van der Waals surface area contributed by atoms with Gasteiger partial charge in [0.05, 0.1) is 18.7 Å². The highest BCUT2D eigenvalue weighted by molar-refractivity contribution is 5.87. The second-order valence-corrected chi connectivity index (χ2v) is 7.37.